The van der Waals surface area contributed by atoms with Gasteiger partial charge in [-0.05, 0) is 48.9 Å². The molecule has 4 rings (SSSR count). The SMILES string of the molecule is COc1ccc(OCCCC(=O)Nc2ccc3c(c2)oc2ccccc23)cc1. The molecule has 5 nitrogen and oxygen atoms in total. The Kier molecular flexibility index (Phi) is 5.15. The predicted molar refractivity (Wildman–Crippen MR) is 110 cm³/mol. The van der Waals surface area contributed by atoms with Crippen LogP contribution in [0.5, 0.6) is 11.5 Å². The lowest BCUT2D eigenvalue weighted by atomic mass is 10.1. The highest BCUT2D eigenvalue weighted by atomic mass is 16.5. The van der Waals surface area contributed by atoms with Crippen LogP contribution in [0.1, 0.15) is 12.8 Å². The van der Waals surface area contributed by atoms with Crippen molar-refractivity contribution in [3.8, 4) is 11.5 Å². The third-order valence-electron chi connectivity index (χ3n) is 4.54. The molecule has 0 fully saturated rings. The first-order valence-electron chi connectivity index (χ1n) is 9.21. The Balaban J connectivity index is 1.30. The molecule has 4 aromatic rings. The molecule has 0 bridgehead atoms. The van der Waals surface area contributed by atoms with Crippen molar-refractivity contribution in [2.75, 3.05) is 19.0 Å². The van der Waals surface area contributed by atoms with Crippen LogP contribution in [0, 0.1) is 0 Å². The summed E-state index contributed by atoms with van der Waals surface area (Å²) >= 11 is 0. The summed E-state index contributed by atoms with van der Waals surface area (Å²) in [5.74, 6) is 1.50. The van der Waals surface area contributed by atoms with Gasteiger partial charge in [0.15, 0.2) is 0 Å². The molecule has 5 heteroatoms. The number of carbonyl (C=O) groups excluding carboxylic acids is 1. The Labute approximate surface area is 162 Å². The number of para-hydroxylation sites is 1. The lowest BCUT2D eigenvalue weighted by Crippen LogP contribution is -2.12. The first-order valence-corrected chi connectivity index (χ1v) is 9.21. The number of furan rings is 1. The van der Waals surface area contributed by atoms with Gasteiger partial charge < -0.3 is 19.2 Å². The molecule has 0 spiro atoms. The standard InChI is InChI=1S/C23H21NO4/c1-26-17-9-11-18(12-10-17)27-14-4-7-23(25)24-16-8-13-20-19-5-2-3-6-21(19)28-22(20)15-16/h2-3,5-6,8-13,15H,4,7,14H2,1H3,(H,24,25). The molecule has 1 amide bonds. The molecule has 1 aromatic heterocycles. The van der Waals surface area contributed by atoms with E-state index in [9.17, 15) is 4.79 Å². The maximum absolute atomic E-state index is 12.2. The normalized spacial score (nSPS) is 10.9. The first-order chi connectivity index (χ1) is 13.7. The van der Waals surface area contributed by atoms with E-state index in [2.05, 4.69) is 5.32 Å². The fourth-order valence-corrected chi connectivity index (χ4v) is 3.12. The summed E-state index contributed by atoms with van der Waals surface area (Å²) in [7, 11) is 1.63. The van der Waals surface area contributed by atoms with Crippen molar-refractivity contribution in [1.29, 1.82) is 0 Å². The zero-order valence-electron chi connectivity index (χ0n) is 15.6. The molecule has 142 valence electrons. The van der Waals surface area contributed by atoms with Crippen LogP contribution in [0.2, 0.25) is 0 Å². The molecule has 0 radical (unpaired) electrons. The second-order valence-corrected chi connectivity index (χ2v) is 6.48. The van der Waals surface area contributed by atoms with Crippen molar-refractivity contribution in [3.05, 3.63) is 66.7 Å². The molecule has 1 heterocycles. The number of carbonyl (C=O) groups is 1. The van der Waals surface area contributed by atoms with Crippen LogP contribution in [0.4, 0.5) is 5.69 Å². The van der Waals surface area contributed by atoms with Crippen LogP contribution in [0.3, 0.4) is 0 Å². The molecule has 0 aliphatic carbocycles. The van der Waals surface area contributed by atoms with Gasteiger partial charge in [-0.2, -0.15) is 0 Å². The highest BCUT2D eigenvalue weighted by Crippen LogP contribution is 2.30. The minimum absolute atomic E-state index is 0.0474. The molecular formula is C23H21NO4. The largest absolute Gasteiger partial charge is 0.497 e. The fourth-order valence-electron chi connectivity index (χ4n) is 3.12. The number of nitrogens with one attached hydrogen (secondary N) is 1. The number of benzene rings is 3. The van der Waals surface area contributed by atoms with Gasteiger partial charge in [0.1, 0.15) is 22.7 Å². The van der Waals surface area contributed by atoms with Gasteiger partial charge in [-0.1, -0.05) is 18.2 Å². The van der Waals surface area contributed by atoms with E-state index in [1.54, 1.807) is 7.11 Å². The van der Waals surface area contributed by atoms with Crippen molar-refractivity contribution >= 4 is 33.5 Å². The highest BCUT2D eigenvalue weighted by Gasteiger charge is 2.08. The number of fused-ring (bicyclic) bond motifs is 3. The van der Waals surface area contributed by atoms with Gasteiger partial charge in [0, 0.05) is 28.9 Å². The topological polar surface area (TPSA) is 60.7 Å². The van der Waals surface area contributed by atoms with E-state index in [1.807, 2.05) is 66.7 Å². The summed E-state index contributed by atoms with van der Waals surface area (Å²) in [5.41, 5.74) is 2.34. The molecular weight excluding hydrogens is 354 g/mol. The maximum Gasteiger partial charge on any atom is 0.224 e. The summed E-state index contributed by atoms with van der Waals surface area (Å²) in [4.78, 5) is 12.2. The average molecular weight is 375 g/mol. The van der Waals surface area contributed by atoms with Gasteiger partial charge in [-0.3, -0.25) is 4.79 Å². The van der Waals surface area contributed by atoms with E-state index >= 15 is 0 Å². The molecule has 0 aliphatic rings. The van der Waals surface area contributed by atoms with E-state index in [1.165, 1.54) is 0 Å². The van der Waals surface area contributed by atoms with Crippen LogP contribution in [-0.4, -0.2) is 19.6 Å². The molecule has 0 saturated heterocycles. The molecule has 0 atom stereocenters. The number of amides is 1. The molecule has 0 aliphatic heterocycles. The van der Waals surface area contributed by atoms with Crippen LogP contribution >= 0.6 is 0 Å². The quantitative estimate of drug-likeness (QED) is 0.440. The maximum atomic E-state index is 12.2. The van der Waals surface area contributed by atoms with Crippen LogP contribution < -0.4 is 14.8 Å². The van der Waals surface area contributed by atoms with Crippen molar-refractivity contribution < 1.29 is 18.7 Å². The van der Waals surface area contributed by atoms with Gasteiger partial charge in [0.2, 0.25) is 5.91 Å². The number of hydrogen-bond donors (Lipinski definition) is 1. The van der Waals surface area contributed by atoms with Crippen molar-refractivity contribution in [3.63, 3.8) is 0 Å². The molecule has 28 heavy (non-hydrogen) atoms. The Morgan fingerprint density at radius 1 is 0.929 bits per heavy atom. The highest BCUT2D eigenvalue weighted by molar-refractivity contribution is 6.06. The van der Waals surface area contributed by atoms with Gasteiger partial charge >= 0.3 is 0 Å². The Hall–Kier alpha value is -3.47. The molecule has 3 aromatic carbocycles. The predicted octanol–water partition coefficient (Wildman–Crippen LogP) is 5.39. The average Bonchev–Trinajstić information content (AvgIpc) is 3.09. The minimum atomic E-state index is -0.0474. The first kappa shape index (κ1) is 17.9. The Morgan fingerprint density at radius 3 is 2.50 bits per heavy atom. The van der Waals surface area contributed by atoms with E-state index in [0.717, 1.165) is 39.1 Å². The number of methoxy groups -OCH3 is 1. The summed E-state index contributed by atoms with van der Waals surface area (Å²) in [5, 5.41) is 5.04. The number of ether oxygens (including phenoxy) is 2. The monoisotopic (exact) mass is 375 g/mol. The third-order valence-corrected chi connectivity index (χ3v) is 4.54. The Bertz CT molecular complexity index is 1100. The number of hydrogen-bond acceptors (Lipinski definition) is 4. The fraction of sp³-hybridized carbons (Fsp3) is 0.174. The second-order valence-electron chi connectivity index (χ2n) is 6.48. The van der Waals surface area contributed by atoms with Crippen molar-refractivity contribution in [2.45, 2.75) is 12.8 Å². The molecule has 1 N–H and O–H groups in total. The molecule has 0 saturated carbocycles. The minimum Gasteiger partial charge on any atom is -0.497 e. The Morgan fingerprint density at radius 2 is 1.68 bits per heavy atom. The number of rotatable bonds is 7. The zero-order valence-corrected chi connectivity index (χ0v) is 15.6. The number of anilines is 1. The lowest BCUT2D eigenvalue weighted by Gasteiger charge is -2.08. The second kappa shape index (κ2) is 8.05. The lowest BCUT2D eigenvalue weighted by molar-refractivity contribution is -0.116. The summed E-state index contributed by atoms with van der Waals surface area (Å²) in [6.07, 6.45) is 1.01. The zero-order chi connectivity index (χ0) is 19.3. The summed E-state index contributed by atoms with van der Waals surface area (Å²) < 4.78 is 16.6. The summed E-state index contributed by atoms with van der Waals surface area (Å²) in [6.45, 7) is 0.475. The van der Waals surface area contributed by atoms with Gasteiger partial charge in [0.05, 0.1) is 13.7 Å². The van der Waals surface area contributed by atoms with E-state index in [0.29, 0.717) is 19.4 Å². The van der Waals surface area contributed by atoms with Crippen LogP contribution in [0.25, 0.3) is 21.9 Å². The van der Waals surface area contributed by atoms with Gasteiger partial charge in [0.25, 0.3) is 0 Å². The van der Waals surface area contributed by atoms with E-state index in [-0.39, 0.29) is 5.91 Å². The van der Waals surface area contributed by atoms with Gasteiger partial charge in [-0.25, -0.2) is 0 Å². The van der Waals surface area contributed by atoms with Crippen molar-refractivity contribution in [2.24, 2.45) is 0 Å². The van der Waals surface area contributed by atoms with Crippen molar-refractivity contribution in [1.82, 2.24) is 0 Å². The molecule has 0 unspecified atom stereocenters. The van der Waals surface area contributed by atoms with E-state index < -0.39 is 0 Å². The van der Waals surface area contributed by atoms with Crippen LogP contribution in [0.15, 0.2) is 71.1 Å². The summed E-state index contributed by atoms with van der Waals surface area (Å²) in [6, 6.07) is 21.0. The van der Waals surface area contributed by atoms with Crippen LogP contribution in [-0.2, 0) is 4.79 Å². The van der Waals surface area contributed by atoms with Gasteiger partial charge in [-0.15, -0.1) is 0 Å². The van der Waals surface area contributed by atoms with E-state index in [4.69, 9.17) is 13.9 Å². The smallest absolute Gasteiger partial charge is 0.224 e. The third kappa shape index (κ3) is 3.93.